The molecular weight excluding hydrogens is 416 g/mol. The summed E-state index contributed by atoms with van der Waals surface area (Å²) in [5.74, 6) is -1.61. The quantitative estimate of drug-likeness (QED) is 0.596. The lowest BCUT2D eigenvalue weighted by molar-refractivity contribution is -0.301. The SMILES string of the molecule is COc1ccc2c(c1)N(C[C@H](C)CN(C)C)c1ccccc1S2.O=C([O-])/C=C\C(=O)[O-]. The molecular formula is C23H26N2O5S-2. The highest BCUT2D eigenvalue weighted by atomic mass is 32.2. The number of nitrogens with zero attached hydrogens (tertiary/aromatic N) is 2. The summed E-state index contributed by atoms with van der Waals surface area (Å²) in [7, 11) is 5.99. The Labute approximate surface area is 186 Å². The fourth-order valence-corrected chi connectivity index (χ4v) is 4.34. The van der Waals surface area contributed by atoms with Crippen LogP contribution in [0.4, 0.5) is 11.4 Å². The first-order valence-corrected chi connectivity index (χ1v) is 10.5. The zero-order valence-electron chi connectivity index (χ0n) is 18.0. The highest BCUT2D eigenvalue weighted by Gasteiger charge is 2.25. The molecule has 0 spiro atoms. The molecule has 0 amide bonds. The van der Waals surface area contributed by atoms with E-state index in [4.69, 9.17) is 4.74 Å². The number of carboxylic acids is 2. The molecule has 0 aliphatic carbocycles. The molecule has 3 rings (SSSR count). The Hall–Kier alpha value is -2.97. The van der Waals surface area contributed by atoms with Gasteiger partial charge < -0.3 is 34.3 Å². The summed E-state index contributed by atoms with van der Waals surface area (Å²) in [6.45, 7) is 4.38. The Morgan fingerprint density at radius 3 is 2.26 bits per heavy atom. The maximum absolute atomic E-state index is 9.41. The van der Waals surface area contributed by atoms with Crippen LogP contribution in [-0.2, 0) is 9.59 Å². The molecule has 1 atom stereocenters. The number of benzene rings is 2. The lowest BCUT2D eigenvalue weighted by Gasteiger charge is -2.35. The van der Waals surface area contributed by atoms with Crippen molar-refractivity contribution in [1.82, 2.24) is 4.90 Å². The van der Waals surface area contributed by atoms with Gasteiger partial charge in [-0.3, -0.25) is 0 Å². The molecule has 0 saturated heterocycles. The normalized spacial score (nSPS) is 13.1. The monoisotopic (exact) mass is 442 g/mol. The van der Waals surface area contributed by atoms with Crippen molar-refractivity contribution in [2.24, 2.45) is 5.92 Å². The number of methoxy groups -OCH3 is 1. The molecule has 0 unspecified atom stereocenters. The standard InChI is InChI=1S/C19H24N2OS.C4H4O4/c1-14(12-20(2)3)13-21-16-7-5-6-8-18(16)23-19-10-9-15(22-4)11-17(19)21;5-3(6)1-2-4(7)8/h5-11,14H,12-13H2,1-4H3;1-2H,(H,5,6)(H,7,8)/p-2/b;2-1-/t14-;/m1./s1. The number of carboxylic acid groups (broad SMARTS) is 2. The second-order valence-electron chi connectivity index (χ2n) is 7.35. The van der Waals surface area contributed by atoms with E-state index in [-0.39, 0.29) is 0 Å². The molecule has 1 aliphatic rings. The summed E-state index contributed by atoms with van der Waals surface area (Å²) < 4.78 is 5.44. The minimum Gasteiger partial charge on any atom is -0.545 e. The van der Waals surface area contributed by atoms with Gasteiger partial charge in [0.2, 0.25) is 0 Å². The van der Waals surface area contributed by atoms with Gasteiger partial charge in [0, 0.05) is 28.9 Å². The third-order valence-electron chi connectivity index (χ3n) is 4.36. The maximum Gasteiger partial charge on any atom is 0.121 e. The minimum atomic E-state index is -1.55. The predicted molar refractivity (Wildman–Crippen MR) is 117 cm³/mol. The molecule has 0 saturated carbocycles. The molecule has 0 bridgehead atoms. The highest BCUT2D eigenvalue weighted by Crippen LogP contribution is 2.49. The Morgan fingerprint density at radius 1 is 1.06 bits per heavy atom. The van der Waals surface area contributed by atoms with Gasteiger partial charge >= 0.3 is 0 Å². The van der Waals surface area contributed by atoms with Crippen molar-refractivity contribution < 1.29 is 24.5 Å². The predicted octanol–water partition coefficient (Wildman–Crippen LogP) is 1.54. The molecule has 2 aromatic carbocycles. The van der Waals surface area contributed by atoms with Gasteiger partial charge in [0.15, 0.2) is 0 Å². The first-order chi connectivity index (χ1) is 14.7. The summed E-state index contributed by atoms with van der Waals surface area (Å²) in [5, 5.41) is 18.8. The van der Waals surface area contributed by atoms with E-state index in [1.54, 1.807) is 7.11 Å². The molecule has 0 fully saturated rings. The Kier molecular flexibility index (Phi) is 8.96. The molecule has 0 radical (unpaired) electrons. The van der Waals surface area contributed by atoms with Crippen LogP contribution < -0.4 is 19.8 Å². The van der Waals surface area contributed by atoms with Crippen LogP contribution in [0.1, 0.15) is 6.92 Å². The molecule has 31 heavy (non-hydrogen) atoms. The van der Waals surface area contributed by atoms with E-state index in [1.807, 2.05) is 17.8 Å². The van der Waals surface area contributed by atoms with Crippen LogP contribution in [-0.4, -0.2) is 51.1 Å². The topological polar surface area (TPSA) is 96.0 Å². The fourth-order valence-electron chi connectivity index (χ4n) is 3.26. The van der Waals surface area contributed by atoms with Crippen LogP contribution >= 0.6 is 11.8 Å². The minimum absolute atomic E-state index is 0.384. The third-order valence-corrected chi connectivity index (χ3v) is 5.49. The zero-order chi connectivity index (χ0) is 23.0. The molecule has 2 aromatic rings. The second kappa shape index (κ2) is 11.4. The number of hydrogen-bond acceptors (Lipinski definition) is 8. The first-order valence-electron chi connectivity index (χ1n) is 9.68. The molecule has 166 valence electrons. The number of ether oxygens (including phenoxy) is 1. The van der Waals surface area contributed by atoms with Crippen molar-refractivity contribution in [1.29, 1.82) is 0 Å². The lowest BCUT2D eigenvalue weighted by atomic mass is 10.1. The number of aliphatic carboxylic acids is 2. The van der Waals surface area contributed by atoms with Crippen molar-refractivity contribution in [3.8, 4) is 5.75 Å². The third kappa shape index (κ3) is 7.34. The van der Waals surface area contributed by atoms with Gasteiger partial charge in [-0.15, -0.1) is 0 Å². The van der Waals surface area contributed by atoms with E-state index in [9.17, 15) is 19.8 Å². The van der Waals surface area contributed by atoms with E-state index in [2.05, 4.69) is 67.2 Å². The Morgan fingerprint density at radius 2 is 1.68 bits per heavy atom. The largest absolute Gasteiger partial charge is 0.545 e. The van der Waals surface area contributed by atoms with E-state index in [0.717, 1.165) is 18.8 Å². The molecule has 1 aliphatic heterocycles. The van der Waals surface area contributed by atoms with Crippen molar-refractivity contribution in [3.05, 3.63) is 54.6 Å². The van der Waals surface area contributed by atoms with E-state index in [0.29, 0.717) is 18.1 Å². The lowest BCUT2D eigenvalue weighted by Crippen LogP contribution is -2.31. The van der Waals surface area contributed by atoms with Crippen molar-refractivity contribution in [3.63, 3.8) is 0 Å². The van der Waals surface area contributed by atoms with Gasteiger partial charge in [-0.1, -0.05) is 30.8 Å². The van der Waals surface area contributed by atoms with Gasteiger partial charge in [0.25, 0.3) is 0 Å². The van der Waals surface area contributed by atoms with Crippen molar-refractivity contribution in [2.75, 3.05) is 39.2 Å². The summed E-state index contributed by atoms with van der Waals surface area (Å²) in [6, 6.07) is 15.0. The average Bonchev–Trinajstić information content (AvgIpc) is 2.71. The number of carbonyl (C=O) groups excluding carboxylic acids is 2. The van der Waals surface area contributed by atoms with Crippen LogP contribution in [0.25, 0.3) is 0 Å². The molecule has 0 N–H and O–H groups in total. The van der Waals surface area contributed by atoms with Gasteiger partial charge in [-0.25, -0.2) is 0 Å². The molecule has 0 aromatic heterocycles. The van der Waals surface area contributed by atoms with Gasteiger partial charge in [-0.05, 0) is 56.4 Å². The summed E-state index contributed by atoms with van der Waals surface area (Å²) in [5.41, 5.74) is 2.54. The average molecular weight is 443 g/mol. The smallest absolute Gasteiger partial charge is 0.121 e. The first kappa shape index (κ1) is 24.3. The van der Waals surface area contributed by atoms with Crippen LogP contribution in [0.2, 0.25) is 0 Å². The van der Waals surface area contributed by atoms with Gasteiger partial charge in [-0.2, -0.15) is 0 Å². The van der Waals surface area contributed by atoms with Gasteiger partial charge in [0.05, 0.1) is 30.4 Å². The highest BCUT2D eigenvalue weighted by molar-refractivity contribution is 7.99. The van der Waals surface area contributed by atoms with Gasteiger partial charge in [0.1, 0.15) is 5.75 Å². The van der Waals surface area contributed by atoms with Crippen molar-refractivity contribution >= 4 is 35.1 Å². The fraction of sp³-hybridized carbons (Fsp3) is 0.304. The van der Waals surface area contributed by atoms with Crippen molar-refractivity contribution in [2.45, 2.75) is 16.7 Å². The van der Waals surface area contributed by atoms with E-state index < -0.39 is 11.9 Å². The Bertz CT molecular complexity index is 929. The molecule has 7 nitrogen and oxygen atoms in total. The number of anilines is 2. The molecule has 8 heteroatoms. The van der Waals surface area contributed by atoms with E-state index in [1.165, 1.54) is 21.2 Å². The number of hydrogen-bond donors (Lipinski definition) is 0. The number of carbonyl (C=O) groups is 2. The van der Waals surface area contributed by atoms with Crippen LogP contribution in [0.5, 0.6) is 5.75 Å². The summed E-state index contributed by atoms with van der Waals surface area (Å²) in [6.07, 6.45) is 0.769. The summed E-state index contributed by atoms with van der Waals surface area (Å²) >= 11 is 1.84. The van der Waals surface area contributed by atoms with Crippen LogP contribution in [0.15, 0.2) is 64.4 Å². The Balaban J connectivity index is 0.000000366. The number of rotatable bonds is 7. The molecule has 1 heterocycles. The zero-order valence-corrected chi connectivity index (χ0v) is 18.8. The number of fused-ring (bicyclic) bond motifs is 2. The van der Waals surface area contributed by atoms with E-state index >= 15 is 0 Å². The van der Waals surface area contributed by atoms with Crippen LogP contribution in [0.3, 0.4) is 0 Å². The number of para-hydroxylation sites is 1. The maximum atomic E-state index is 9.41. The summed E-state index contributed by atoms with van der Waals surface area (Å²) in [4.78, 5) is 26.1. The second-order valence-corrected chi connectivity index (χ2v) is 8.44. The van der Waals surface area contributed by atoms with Crippen LogP contribution in [0, 0.1) is 5.92 Å².